The zero-order valence-corrected chi connectivity index (χ0v) is 15.9. The van der Waals surface area contributed by atoms with E-state index in [0.717, 1.165) is 0 Å². The Labute approximate surface area is 150 Å². The van der Waals surface area contributed by atoms with Gasteiger partial charge < -0.3 is 19.9 Å². The number of hydrogen-bond acceptors (Lipinski definition) is 8. The first-order valence-electron chi connectivity index (χ1n) is 7.14. The highest BCUT2D eigenvalue weighted by Crippen LogP contribution is 2.14. The third-order valence-corrected chi connectivity index (χ3v) is 3.58. The molecule has 0 radical (unpaired) electrons. The van der Waals surface area contributed by atoms with Gasteiger partial charge in [0, 0.05) is 12.7 Å². The van der Waals surface area contributed by atoms with Crippen LogP contribution in [0, 0.1) is 5.92 Å². The number of ether oxygens (including phenoxy) is 2. The fourth-order valence-electron chi connectivity index (χ4n) is 1.15. The summed E-state index contributed by atoms with van der Waals surface area (Å²) in [5.41, 5.74) is 0. The number of hydrogen-bond donors (Lipinski definition) is 3. The molecule has 0 rings (SSSR count). The lowest BCUT2D eigenvalue weighted by Gasteiger charge is -2.21. The van der Waals surface area contributed by atoms with Crippen LogP contribution in [-0.2, 0) is 23.9 Å². The summed E-state index contributed by atoms with van der Waals surface area (Å²) in [6, 6.07) is -1.28. The molecule has 1 amide bonds. The third kappa shape index (κ3) is 9.02. The Balaban J connectivity index is 4.45. The summed E-state index contributed by atoms with van der Waals surface area (Å²) < 4.78 is 8.63. The van der Waals surface area contributed by atoms with E-state index in [1.807, 2.05) is 0 Å². The maximum atomic E-state index is 11.8. The number of thiol groups is 1. The van der Waals surface area contributed by atoms with Crippen LogP contribution in [0.2, 0.25) is 0 Å². The van der Waals surface area contributed by atoms with Crippen LogP contribution < -0.4 is 5.32 Å². The molecule has 2 N–H and O–H groups in total. The van der Waals surface area contributed by atoms with Gasteiger partial charge in [0.2, 0.25) is 12.2 Å². The molecule has 138 valence electrons. The van der Waals surface area contributed by atoms with E-state index >= 15 is 0 Å². The Morgan fingerprint density at radius 1 is 1.17 bits per heavy atom. The van der Waals surface area contributed by atoms with Crippen LogP contribution in [0.15, 0.2) is 0 Å². The van der Waals surface area contributed by atoms with Crippen molar-refractivity contribution in [3.63, 3.8) is 0 Å². The summed E-state index contributed by atoms with van der Waals surface area (Å²) in [5.74, 6) is -3.00. The van der Waals surface area contributed by atoms with Gasteiger partial charge >= 0.3 is 17.2 Å². The topological polar surface area (TPSA) is 119 Å². The smallest absolute Gasteiger partial charge is 0.370 e. The van der Waals surface area contributed by atoms with Crippen molar-refractivity contribution in [2.75, 3.05) is 5.75 Å². The van der Waals surface area contributed by atoms with E-state index in [1.54, 1.807) is 13.8 Å². The van der Waals surface area contributed by atoms with E-state index in [9.17, 15) is 19.2 Å². The van der Waals surface area contributed by atoms with Crippen molar-refractivity contribution in [1.82, 2.24) is 5.32 Å². The van der Waals surface area contributed by atoms with Gasteiger partial charge in [-0.25, -0.2) is 9.59 Å². The van der Waals surface area contributed by atoms with Crippen molar-refractivity contribution >= 4 is 47.5 Å². The van der Waals surface area contributed by atoms with Gasteiger partial charge in [0.1, 0.15) is 6.04 Å². The molecular weight excluding hydrogens is 358 g/mol. The van der Waals surface area contributed by atoms with Gasteiger partial charge in [-0.1, -0.05) is 13.8 Å². The number of carbonyl (C=O) groups excluding carboxylic acids is 3. The lowest BCUT2D eigenvalue weighted by atomic mass is 10.2. The lowest BCUT2D eigenvalue weighted by molar-refractivity contribution is -0.167. The molecule has 10 heteroatoms. The van der Waals surface area contributed by atoms with Crippen molar-refractivity contribution in [1.29, 1.82) is 0 Å². The molecule has 24 heavy (non-hydrogen) atoms. The summed E-state index contributed by atoms with van der Waals surface area (Å²) in [5, 5.41) is 10.6. The van der Waals surface area contributed by atoms with Crippen molar-refractivity contribution in [3.8, 4) is 0 Å². The fraction of sp³-hybridized carbons (Fsp3) is 0.714. The van der Waals surface area contributed by atoms with Crippen LogP contribution in [0.5, 0.6) is 0 Å². The molecule has 2 atom stereocenters. The molecule has 0 aromatic heterocycles. The largest absolute Gasteiger partial charge is 0.480 e. The number of rotatable bonds is 8. The molecule has 0 aliphatic carbocycles. The molecule has 0 fully saturated rings. The molecule has 8 nitrogen and oxygen atoms in total. The van der Waals surface area contributed by atoms with Crippen molar-refractivity contribution in [2.45, 2.75) is 51.7 Å². The second kappa shape index (κ2) is 9.77. The number of aliphatic carboxylic acids is 1. The highest BCUT2D eigenvalue weighted by Gasteiger charge is 2.29. The number of thioether (sulfide) groups is 1. The van der Waals surface area contributed by atoms with Gasteiger partial charge in [-0.3, -0.25) is 9.59 Å². The second-order valence-electron chi connectivity index (χ2n) is 5.76. The quantitative estimate of drug-likeness (QED) is 0.330. The fourth-order valence-corrected chi connectivity index (χ4v) is 1.95. The van der Waals surface area contributed by atoms with Gasteiger partial charge in [0.25, 0.3) is 0 Å². The molecule has 0 aliphatic rings. The zero-order chi connectivity index (χ0) is 19.1. The molecule has 0 saturated carbocycles. The number of carboxylic acids is 1. The first-order chi connectivity index (χ1) is 10.8. The molecule has 0 unspecified atom stereocenters. The van der Waals surface area contributed by atoms with Crippen LogP contribution in [-0.4, -0.2) is 51.1 Å². The first-order valence-corrected chi connectivity index (χ1v) is 8.58. The Morgan fingerprint density at radius 2 is 1.71 bits per heavy atom. The molecule has 0 aliphatic heterocycles. The molecule has 0 bridgehead atoms. The second-order valence-corrected chi connectivity index (χ2v) is 7.83. The minimum atomic E-state index is -1.29. The number of amides is 1. The highest BCUT2D eigenvalue weighted by molar-refractivity contribution is 8.13. The van der Waals surface area contributed by atoms with Crippen LogP contribution in [0.25, 0.3) is 0 Å². The van der Waals surface area contributed by atoms with Crippen LogP contribution in [0.4, 0.5) is 4.79 Å². The average Bonchev–Trinajstić information content (AvgIpc) is 2.41. The minimum absolute atomic E-state index is 0.241. The summed E-state index contributed by atoms with van der Waals surface area (Å²) in [4.78, 5) is 45.9. The number of esters is 1. The maximum absolute atomic E-state index is 11.8. The van der Waals surface area contributed by atoms with Crippen LogP contribution in [0.3, 0.4) is 0 Å². The van der Waals surface area contributed by atoms with Gasteiger partial charge in [0.15, 0.2) is 0 Å². The third-order valence-electron chi connectivity index (χ3n) is 2.54. The Kier molecular flexibility index (Phi) is 9.20. The van der Waals surface area contributed by atoms with E-state index in [2.05, 4.69) is 17.9 Å². The highest BCUT2D eigenvalue weighted by atomic mass is 32.2. The predicted octanol–water partition coefficient (Wildman–Crippen LogP) is 1.68. The number of nitrogens with one attached hydrogen (secondary N) is 1. The number of carbonyl (C=O) groups is 4. The molecule has 0 aromatic rings. The summed E-state index contributed by atoms with van der Waals surface area (Å²) in [6.45, 7) is 7.66. The van der Waals surface area contributed by atoms with Crippen LogP contribution in [0.1, 0.15) is 34.6 Å². The monoisotopic (exact) mass is 381 g/mol. The Morgan fingerprint density at radius 3 is 2.12 bits per heavy atom. The van der Waals surface area contributed by atoms with E-state index < -0.39 is 40.2 Å². The standard InChI is InChI=1S/C14H23NO7S2/c1-7(2)11(18)21-8(3)22-13(20)24-6-9(10(16)17)15-12(19)14(4,5)23/h7-9,23H,6H2,1-5H3,(H,15,19)(H,16,17)/t8-,9+/m1/s1. The van der Waals surface area contributed by atoms with E-state index in [4.69, 9.17) is 14.6 Å². The SMILES string of the molecule is CC(C)C(=O)O[C@@H](C)OC(=O)SC[C@H](NC(=O)C(C)(C)S)C(=O)O. The van der Waals surface area contributed by atoms with Gasteiger partial charge in [-0.05, 0) is 25.6 Å². The minimum Gasteiger partial charge on any atom is -0.480 e. The van der Waals surface area contributed by atoms with Gasteiger partial charge in [0.05, 0.1) is 10.7 Å². The first kappa shape index (κ1) is 22.6. The van der Waals surface area contributed by atoms with Gasteiger partial charge in [-0.15, -0.1) is 0 Å². The van der Waals surface area contributed by atoms with E-state index in [1.165, 1.54) is 20.8 Å². The maximum Gasteiger partial charge on any atom is 0.370 e. The van der Waals surface area contributed by atoms with E-state index in [0.29, 0.717) is 11.8 Å². The molecule has 0 heterocycles. The normalized spacial score (nSPS) is 13.8. The van der Waals surface area contributed by atoms with Crippen LogP contribution >= 0.6 is 24.4 Å². The summed E-state index contributed by atoms with van der Waals surface area (Å²) in [7, 11) is 0. The molecular formula is C14H23NO7S2. The summed E-state index contributed by atoms with van der Waals surface area (Å²) >= 11 is 4.60. The molecule has 0 spiro atoms. The zero-order valence-electron chi connectivity index (χ0n) is 14.2. The van der Waals surface area contributed by atoms with Crippen molar-refractivity contribution < 1.29 is 33.8 Å². The summed E-state index contributed by atoms with van der Waals surface area (Å²) in [6.07, 6.45) is -1.09. The Hall–Kier alpha value is -1.42. The average molecular weight is 381 g/mol. The number of carboxylic acid groups (broad SMARTS) is 1. The van der Waals surface area contributed by atoms with Crippen molar-refractivity contribution in [2.24, 2.45) is 5.92 Å². The predicted molar refractivity (Wildman–Crippen MR) is 92.0 cm³/mol. The van der Waals surface area contributed by atoms with E-state index in [-0.39, 0.29) is 11.7 Å². The molecule has 0 saturated heterocycles. The Bertz CT molecular complexity index is 488. The lowest BCUT2D eigenvalue weighted by Crippen LogP contribution is -2.48. The molecule has 0 aromatic carbocycles. The van der Waals surface area contributed by atoms with Crippen molar-refractivity contribution in [3.05, 3.63) is 0 Å². The van der Waals surface area contributed by atoms with Gasteiger partial charge in [-0.2, -0.15) is 12.6 Å².